The molecule has 6 heteroatoms. The lowest BCUT2D eigenvalue weighted by molar-refractivity contribution is 0.414. The molecule has 134 valence electrons. The first-order chi connectivity index (χ1) is 12.6. The Bertz CT molecular complexity index is 898. The Hall–Kier alpha value is -2.79. The number of anilines is 1. The summed E-state index contributed by atoms with van der Waals surface area (Å²) in [5, 5.41) is 3.56. The molecule has 0 spiro atoms. The number of halogens is 1. The number of hydrogen-bond acceptors (Lipinski definition) is 5. The number of nitrogens with one attached hydrogen (secondary N) is 1. The number of aromatic nitrogens is 2. The largest absolute Gasteiger partial charge is 0.497 e. The predicted molar refractivity (Wildman–Crippen MR) is 104 cm³/mol. The van der Waals surface area contributed by atoms with Crippen LogP contribution in [0.15, 0.2) is 48.7 Å². The molecular formula is C20H20ClN3O2. The summed E-state index contributed by atoms with van der Waals surface area (Å²) in [5.74, 6) is 2.15. The van der Waals surface area contributed by atoms with Gasteiger partial charge in [0.2, 0.25) is 0 Å². The van der Waals surface area contributed by atoms with Crippen LogP contribution in [0.25, 0.3) is 11.3 Å². The lowest BCUT2D eigenvalue weighted by atomic mass is 10.1. The second-order valence-electron chi connectivity index (χ2n) is 5.80. The van der Waals surface area contributed by atoms with E-state index in [4.69, 9.17) is 21.1 Å². The highest BCUT2D eigenvalue weighted by molar-refractivity contribution is 6.32. The molecule has 0 saturated heterocycles. The van der Waals surface area contributed by atoms with Crippen LogP contribution in [0.5, 0.6) is 11.5 Å². The summed E-state index contributed by atoms with van der Waals surface area (Å²) in [6, 6.07) is 13.7. The summed E-state index contributed by atoms with van der Waals surface area (Å²) < 4.78 is 10.6. The number of nitrogens with zero attached hydrogens (tertiary/aromatic N) is 2. The van der Waals surface area contributed by atoms with Gasteiger partial charge in [0.15, 0.2) is 5.15 Å². The monoisotopic (exact) mass is 369 g/mol. The summed E-state index contributed by atoms with van der Waals surface area (Å²) in [5.41, 5.74) is 3.63. The van der Waals surface area contributed by atoms with Crippen molar-refractivity contribution in [2.75, 3.05) is 19.5 Å². The van der Waals surface area contributed by atoms with Gasteiger partial charge >= 0.3 is 0 Å². The first-order valence-electron chi connectivity index (χ1n) is 8.15. The Labute approximate surface area is 158 Å². The van der Waals surface area contributed by atoms with Gasteiger partial charge in [-0.1, -0.05) is 35.4 Å². The minimum Gasteiger partial charge on any atom is -0.497 e. The van der Waals surface area contributed by atoms with Gasteiger partial charge < -0.3 is 14.8 Å². The highest BCUT2D eigenvalue weighted by Gasteiger charge is 2.13. The molecule has 0 aliphatic carbocycles. The Balaban J connectivity index is 1.78. The topological polar surface area (TPSA) is 56.3 Å². The molecule has 0 fully saturated rings. The molecule has 1 aromatic heterocycles. The van der Waals surface area contributed by atoms with E-state index < -0.39 is 0 Å². The quantitative estimate of drug-likeness (QED) is 0.680. The van der Waals surface area contributed by atoms with Crippen molar-refractivity contribution in [2.45, 2.75) is 13.5 Å². The van der Waals surface area contributed by atoms with Crippen molar-refractivity contribution in [3.8, 4) is 22.8 Å². The number of methoxy groups -OCH3 is 2. The molecule has 5 nitrogen and oxygen atoms in total. The van der Waals surface area contributed by atoms with Crippen LogP contribution in [-0.2, 0) is 6.54 Å². The smallest absolute Gasteiger partial charge is 0.157 e. The molecule has 3 aromatic rings. The van der Waals surface area contributed by atoms with Crippen molar-refractivity contribution >= 4 is 17.4 Å². The summed E-state index contributed by atoms with van der Waals surface area (Å²) >= 11 is 6.38. The maximum absolute atomic E-state index is 6.38. The Morgan fingerprint density at radius 3 is 2.46 bits per heavy atom. The Morgan fingerprint density at radius 1 is 1.04 bits per heavy atom. The number of aryl methyl sites for hydroxylation is 1. The van der Waals surface area contributed by atoms with E-state index in [2.05, 4.69) is 15.3 Å². The molecule has 0 aliphatic rings. The maximum atomic E-state index is 6.38. The van der Waals surface area contributed by atoms with Crippen LogP contribution >= 0.6 is 11.6 Å². The zero-order valence-corrected chi connectivity index (χ0v) is 15.7. The van der Waals surface area contributed by atoms with Crippen molar-refractivity contribution < 1.29 is 9.47 Å². The first-order valence-corrected chi connectivity index (χ1v) is 8.53. The molecule has 0 aliphatic heterocycles. The molecule has 0 bridgehead atoms. The van der Waals surface area contributed by atoms with Crippen LogP contribution in [0.1, 0.15) is 11.1 Å². The third-order valence-corrected chi connectivity index (χ3v) is 4.24. The third kappa shape index (κ3) is 4.06. The molecule has 0 amide bonds. The van der Waals surface area contributed by atoms with E-state index in [-0.39, 0.29) is 0 Å². The normalized spacial score (nSPS) is 10.5. The van der Waals surface area contributed by atoms with Gasteiger partial charge in [0.25, 0.3) is 0 Å². The maximum Gasteiger partial charge on any atom is 0.157 e. The number of hydrogen-bond donors (Lipinski definition) is 1. The molecule has 1 heterocycles. The van der Waals surface area contributed by atoms with E-state index in [9.17, 15) is 0 Å². The zero-order valence-electron chi connectivity index (χ0n) is 14.9. The van der Waals surface area contributed by atoms with Crippen molar-refractivity contribution in [1.29, 1.82) is 0 Å². The molecule has 0 radical (unpaired) electrons. The van der Waals surface area contributed by atoms with E-state index in [1.807, 2.05) is 49.4 Å². The molecule has 2 aromatic carbocycles. The van der Waals surface area contributed by atoms with Crippen molar-refractivity contribution in [2.24, 2.45) is 0 Å². The minimum atomic E-state index is 0.327. The molecule has 1 N–H and O–H groups in total. The summed E-state index contributed by atoms with van der Waals surface area (Å²) in [6.07, 6.45) is 1.67. The second kappa shape index (κ2) is 8.06. The fraction of sp³-hybridized carbons (Fsp3) is 0.200. The molecule has 3 rings (SSSR count). The lowest BCUT2D eigenvalue weighted by Gasteiger charge is -2.11. The molecule has 0 unspecified atom stereocenters. The van der Waals surface area contributed by atoms with Gasteiger partial charge in [-0.25, -0.2) is 9.97 Å². The van der Waals surface area contributed by atoms with E-state index in [1.165, 1.54) is 0 Å². The van der Waals surface area contributed by atoms with Crippen molar-refractivity contribution in [1.82, 2.24) is 9.97 Å². The van der Waals surface area contributed by atoms with Gasteiger partial charge in [-0.05, 0) is 36.8 Å². The van der Waals surface area contributed by atoms with E-state index in [1.54, 1.807) is 20.4 Å². The van der Waals surface area contributed by atoms with Crippen LogP contribution in [0.4, 0.5) is 5.82 Å². The average molecular weight is 370 g/mol. The minimum absolute atomic E-state index is 0.327. The zero-order chi connectivity index (χ0) is 18.5. The van der Waals surface area contributed by atoms with Crippen molar-refractivity contribution in [3.63, 3.8) is 0 Å². The molecule has 0 atom stereocenters. The van der Waals surface area contributed by atoms with Crippen LogP contribution in [0, 0.1) is 6.92 Å². The third-order valence-electron chi connectivity index (χ3n) is 3.97. The van der Waals surface area contributed by atoms with Crippen LogP contribution in [0.2, 0.25) is 5.15 Å². The summed E-state index contributed by atoms with van der Waals surface area (Å²) in [6.45, 7) is 2.62. The SMILES string of the molecule is COc1ccc(CNc2cnc(-c3cc(C)ccc3OC)c(Cl)n2)cc1. The summed E-state index contributed by atoms with van der Waals surface area (Å²) in [4.78, 5) is 8.90. The van der Waals surface area contributed by atoms with Gasteiger partial charge in [-0.15, -0.1) is 0 Å². The van der Waals surface area contributed by atoms with Crippen LogP contribution in [-0.4, -0.2) is 24.2 Å². The van der Waals surface area contributed by atoms with Crippen molar-refractivity contribution in [3.05, 3.63) is 64.9 Å². The fourth-order valence-electron chi connectivity index (χ4n) is 2.58. The number of benzene rings is 2. The summed E-state index contributed by atoms with van der Waals surface area (Å²) in [7, 11) is 3.27. The lowest BCUT2D eigenvalue weighted by Crippen LogP contribution is -2.03. The van der Waals surface area contributed by atoms with Gasteiger partial charge in [0.1, 0.15) is 23.0 Å². The second-order valence-corrected chi connectivity index (χ2v) is 6.16. The van der Waals surface area contributed by atoms with Gasteiger partial charge in [0.05, 0.1) is 20.4 Å². The highest BCUT2D eigenvalue weighted by Crippen LogP contribution is 2.33. The molecule has 0 saturated carbocycles. The predicted octanol–water partition coefficient (Wildman–Crippen LogP) is 4.73. The van der Waals surface area contributed by atoms with Crippen LogP contribution in [0.3, 0.4) is 0 Å². The van der Waals surface area contributed by atoms with Gasteiger partial charge in [-0.2, -0.15) is 0 Å². The fourth-order valence-corrected chi connectivity index (χ4v) is 2.82. The van der Waals surface area contributed by atoms with Gasteiger partial charge in [0, 0.05) is 12.1 Å². The highest BCUT2D eigenvalue weighted by atomic mass is 35.5. The van der Waals surface area contributed by atoms with E-state index in [0.29, 0.717) is 29.0 Å². The van der Waals surface area contributed by atoms with Crippen LogP contribution < -0.4 is 14.8 Å². The average Bonchev–Trinajstić information content (AvgIpc) is 2.67. The van der Waals surface area contributed by atoms with E-state index >= 15 is 0 Å². The first kappa shape index (κ1) is 18.0. The Kier molecular flexibility index (Phi) is 5.58. The Morgan fingerprint density at radius 2 is 1.81 bits per heavy atom. The number of ether oxygens (including phenoxy) is 2. The molecular weight excluding hydrogens is 350 g/mol. The van der Waals surface area contributed by atoms with Gasteiger partial charge in [-0.3, -0.25) is 0 Å². The van der Waals surface area contributed by atoms with E-state index in [0.717, 1.165) is 22.4 Å². The number of rotatable bonds is 6. The molecule has 26 heavy (non-hydrogen) atoms. The standard InChI is InChI=1S/C20H20ClN3O2/c1-13-4-9-17(26-3)16(10-13)19-20(21)24-18(12-23-19)22-11-14-5-7-15(25-2)8-6-14/h4-10,12H,11H2,1-3H3,(H,22,24).